The van der Waals surface area contributed by atoms with Gasteiger partial charge in [-0.25, -0.2) is 4.90 Å². The van der Waals surface area contributed by atoms with E-state index in [4.69, 9.17) is 4.74 Å². The van der Waals surface area contributed by atoms with Gasteiger partial charge in [0.2, 0.25) is 11.8 Å². The van der Waals surface area contributed by atoms with Crippen molar-refractivity contribution in [1.82, 2.24) is 5.32 Å². The Morgan fingerprint density at radius 1 is 0.868 bits per heavy atom. The van der Waals surface area contributed by atoms with E-state index in [0.717, 1.165) is 41.7 Å². The number of ether oxygens (including phenoxy) is 1. The number of nitrogens with one attached hydrogen (secondary N) is 1. The SMILES string of the molecule is O=C(NC[C@@H]1CCCO1)c1cccc(N2C(=O)[C@@H]3[C@@H](C2=O)C2(Br)c4ccccc4C3(Br)c3ccccc32)c1. The summed E-state index contributed by atoms with van der Waals surface area (Å²) in [7, 11) is 0. The van der Waals surface area contributed by atoms with Gasteiger partial charge in [0.15, 0.2) is 0 Å². The van der Waals surface area contributed by atoms with Crippen LogP contribution in [0.1, 0.15) is 45.5 Å². The number of benzene rings is 3. The topological polar surface area (TPSA) is 75.7 Å². The lowest BCUT2D eigenvalue weighted by Crippen LogP contribution is -2.56. The van der Waals surface area contributed by atoms with Crippen LogP contribution in [0.2, 0.25) is 0 Å². The molecule has 8 rings (SSSR count). The van der Waals surface area contributed by atoms with E-state index in [1.165, 1.54) is 4.90 Å². The van der Waals surface area contributed by atoms with E-state index in [-0.39, 0.29) is 23.8 Å². The molecule has 2 fully saturated rings. The zero-order valence-electron chi connectivity index (χ0n) is 20.3. The first-order chi connectivity index (χ1) is 18.4. The monoisotopic (exact) mass is 634 g/mol. The van der Waals surface area contributed by atoms with Crippen LogP contribution in [0.15, 0.2) is 72.8 Å². The third-order valence-corrected chi connectivity index (χ3v) is 11.2. The quantitative estimate of drug-likeness (QED) is 0.323. The number of halogens is 2. The van der Waals surface area contributed by atoms with Crippen LogP contribution in [0.5, 0.6) is 0 Å². The molecule has 2 heterocycles. The maximum atomic E-state index is 14.2. The van der Waals surface area contributed by atoms with Gasteiger partial charge in [0.25, 0.3) is 5.91 Å². The zero-order chi connectivity index (χ0) is 26.2. The Balaban J connectivity index is 1.29. The van der Waals surface area contributed by atoms with Gasteiger partial charge in [0.1, 0.15) is 0 Å². The Hall–Kier alpha value is -2.81. The van der Waals surface area contributed by atoms with Crippen molar-refractivity contribution in [3.8, 4) is 0 Å². The molecule has 2 bridgehead atoms. The summed E-state index contributed by atoms with van der Waals surface area (Å²) in [5.41, 5.74) is 4.75. The first-order valence-corrected chi connectivity index (χ1v) is 14.4. The fourth-order valence-electron chi connectivity index (χ4n) is 6.82. The molecule has 3 aromatic rings. The number of alkyl halides is 2. The molecule has 1 N–H and O–H groups in total. The van der Waals surface area contributed by atoms with E-state index in [9.17, 15) is 14.4 Å². The van der Waals surface area contributed by atoms with Crippen LogP contribution in [0, 0.1) is 11.8 Å². The highest BCUT2D eigenvalue weighted by molar-refractivity contribution is 9.10. The number of carbonyl (C=O) groups is 3. The molecule has 38 heavy (non-hydrogen) atoms. The molecule has 0 unspecified atom stereocenters. The summed E-state index contributed by atoms with van der Waals surface area (Å²) in [6, 6.07) is 22.8. The third kappa shape index (κ3) is 3.11. The molecule has 8 heteroatoms. The molecular formula is C30H24Br2N2O4. The Morgan fingerprint density at radius 3 is 1.92 bits per heavy atom. The smallest absolute Gasteiger partial charge is 0.251 e. The van der Waals surface area contributed by atoms with Gasteiger partial charge in [-0.3, -0.25) is 14.4 Å². The number of amides is 3. The van der Waals surface area contributed by atoms with E-state index in [2.05, 4.69) is 37.2 Å². The molecule has 3 amide bonds. The summed E-state index contributed by atoms with van der Waals surface area (Å²) in [6.07, 6.45) is 1.94. The van der Waals surface area contributed by atoms with Gasteiger partial charge in [0.05, 0.1) is 32.3 Å². The Bertz CT molecular complexity index is 1390. The number of hydrogen-bond donors (Lipinski definition) is 1. The van der Waals surface area contributed by atoms with Crippen molar-refractivity contribution in [1.29, 1.82) is 0 Å². The van der Waals surface area contributed by atoms with Crippen LogP contribution in [-0.4, -0.2) is 37.0 Å². The normalized spacial score (nSPS) is 30.7. The number of nitrogens with zero attached hydrogens (tertiary/aromatic N) is 1. The predicted octanol–water partition coefficient (Wildman–Crippen LogP) is 5.01. The second kappa shape index (κ2) is 8.60. The highest BCUT2D eigenvalue weighted by Gasteiger charge is 2.72. The Kier molecular flexibility index (Phi) is 5.49. The lowest BCUT2D eigenvalue weighted by Gasteiger charge is -2.55. The van der Waals surface area contributed by atoms with Crippen LogP contribution < -0.4 is 10.2 Å². The third-order valence-electron chi connectivity index (χ3n) is 8.47. The number of carbonyl (C=O) groups excluding carboxylic acids is 3. The van der Waals surface area contributed by atoms with Gasteiger partial charge in [0, 0.05) is 18.7 Å². The number of rotatable bonds is 4. The molecule has 5 aliphatic rings. The average Bonchev–Trinajstić information content (AvgIpc) is 3.56. The summed E-state index contributed by atoms with van der Waals surface area (Å²) in [6.45, 7) is 1.15. The summed E-state index contributed by atoms with van der Waals surface area (Å²) >= 11 is 8.05. The maximum Gasteiger partial charge on any atom is 0.251 e. The molecule has 3 aromatic carbocycles. The lowest BCUT2D eigenvalue weighted by molar-refractivity contribution is -0.122. The summed E-state index contributed by atoms with van der Waals surface area (Å²) in [4.78, 5) is 42.7. The lowest BCUT2D eigenvalue weighted by atomic mass is 9.54. The van der Waals surface area contributed by atoms with Crippen molar-refractivity contribution in [2.24, 2.45) is 11.8 Å². The minimum absolute atomic E-state index is 0.0240. The summed E-state index contributed by atoms with van der Waals surface area (Å²) in [5.74, 6) is -2.12. The van der Waals surface area contributed by atoms with Gasteiger partial charge in [-0.05, 0) is 53.3 Å². The van der Waals surface area contributed by atoms with Crippen LogP contribution in [0.25, 0.3) is 0 Å². The largest absolute Gasteiger partial charge is 0.376 e. The summed E-state index contributed by atoms with van der Waals surface area (Å²) in [5, 5.41) is 2.92. The van der Waals surface area contributed by atoms with Crippen molar-refractivity contribution in [3.05, 3.63) is 101 Å². The number of hydrogen-bond acceptors (Lipinski definition) is 4. The summed E-state index contributed by atoms with van der Waals surface area (Å²) < 4.78 is 3.91. The second-order valence-corrected chi connectivity index (χ2v) is 12.9. The molecule has 2 saturated heterocycles. The average molecular weight is 636 g/mol. The van der Waals surface area contributed by atoms with Crippen molar-refractivity contribution in [2.45, 2.75) is 27.6 Å². The predicted molar refractivity (Wildman–Crippen MR) is 150 cm³/mol. The van der Waals surface area contributed by atoms with Gasteiger partial charge < -0.3 is 10.1 Å². The van der Waals surface area contributed by atoms with Gasteiger partial charge in [-0.1, -0.05) is 86.5 Å². The Morgan fingerprint density at radius 2 is 1.42 bits per heavy atom. The fraction of sp³-hybridized carbons (Fsp3) is 0.300. The minimum Gasteiger partial charge on any atom is -0.376 e. The highest BCUT2D eigenvalue weighted by atomic mass is 79.9. The molecule has 3 aliphatic carbocycles. The minimum atomic E-state index is -0.849. The van der Waals surface area contributed by atoms with E-state index < -0.39 is 20.5 Å². The van der Waals surface area contributed by atoms with Crippen molar-refractivity contribution < 1.29 is 19.1 Å². The first kappa shape index (κ1) is 24.2. The van der Waals surface area contributed by atoms with Crippen LogP contribution in [0.4, 0.5) is 5.69 Å². The van der Waals surface area contributed by atoms with Crippen molar-refractivity contribution >= 4 is 55.3 Å². The van der Waals surface area contributed by atoms with E-state index >= 15 is 0 Å². The molecule has 192 valence electrons. The van der Waals surface area contributed by atoms with Gasteiger partial charge >= 0.3 is 0 Å². The standard InChI is InChI=1S/C30H24Br2N2O4/c31-29-20-10-1-2-11-21(20)30(32,23-13-4-3-12-22(23)29)25-24(29)27(36)34(28(25)37)18-8-5-7-17(15-18)26(35)33-16-19-9-6-14-38-19/h1-5,7-8,10-13,15,19,24-25H,6,9,14,16H2,(H,33,35)/t19-,24-,25-,29?,30?/m0/s1. The number of imide groups is 1. The van der Waals surface area contributed by atoms with Crippen molar-refractivity contribution in [2.75, 3.05) is 18.1 Å². The number of anilines is 1. The molecule has 0 aromatic heterocycles. The first-order valence-electron chi connectivity index (χ1n) is 12.8. The van der Waals surface area contributed by atoms with E-state index in [1.807, 2.05) is 48.5 Å². The van der Waals surface area contributed by atoms with Crippen LogP contribution >= 0.6 is 31.9 Å². The van der Waals surface area contributed by atoms with E-state index in [1.54, 1.807) is 24.3 Å². The van der Waals surface area contributed by atoms with Crippen LogP contribution in [-0.2, 0) is 23.0 Å². The Labute approximate surface area is 237 Å². The molecule has 6 nitrogen and oxygen atoms in total. The molecule has 0 radical (unpaired) electrons. The maximum absolute atomic E-state index is 14.2. The zero-order valence-corrected chi connectivity index (χ0v) is 23.5. The molecule has 0 spiro atoms. The molecule has 2 aliphatic heterocycles. The van der Waals surface area contributed by atoms with Crippen molar-refractivity contribution in [3.63, 3.8) is 0 Å². The highest BCUT2D eigenvalue weighted by Crippen LogP contribution is 2.70. The van der Waals surface area contributed by atoms with Crippen LogP contribution in [0.3, 0.4) is 0 Å². The second-order valence-electron chi connectivity index (χ2n) is 10.4. The fourth-order valence-corrected chi connectivity index (χ4v) is 9.13. The molecular weight excluding hydrogens is 612 g/mol. The van der Waals surface area contributed by atoms with E-state index in [0.29, 0.717) is 17.8 Å². The molecule has 0 saturated carbocycles. The van der Waals surface area contributed by atoms with Gasteiger partial charge in [-0.15, -0.1) is 0 Å². The van der Waals surface area contributed by atoms with Gasteiger partial charge in [-0.2, -0.15) is 0 Å². The molecule has 3 atom stereocenters.